The minimum atomic E-state index is -1.38. The molecule has 0 N–H and O–H groups in total. The molecular formula is C16H28O4Si. The summed E-state index contributed by atoms with van der Waals surface area (Å²) in [4.78, 5) is 24.8. The van der Waals surface area contributed by atoms with E-state index >= 15 is 0 Å². The summed E-state index contributed by atoms with van der Waals surface area (Å²) in [6.45, 7) is 12.7. The lowest BCUT2D eigenvalue weighted by Gasteiger charge is -2.15. The fourth-order valence-electron chi connectivity index (χ4n) is 2.90. The Labute approximate surface area is 128 Å². The van der Waals surface area contributed by atoms with Crippen molar-refractivity contribution < 1.29 is 19.1 Å². The van der Waals surface area contributed by atoms with Crippen LogP contribution in [0.2, 0.25) is 19.6 Å². The van der Waals surface area contributed by atoms with Gasteiger partial charge in [0.15, 0.2) is 5.41 Å². The second-order valence-electron chi connectivity index (χ2n) is 6.58. The van der Waals surface area contributed by atoms with Crippen LogP contribution in [0.3, 0.4) is 0 Å². The highest BCUT2D eigenvalue weighted by atomic mass is 28.3. The molecule has 0 aromatic carbocycles. The summed E-state index contributed by atoms with van der Waals surface area (Å²) >= 11 is 0. The van der Waals surface area contributed by atoms with Gasteiger partial charge in [0.2, 0.25) is 0 Å². The Morgan fingerprint density at radius 1 is 1.05 bits per heavy atom. The van der Waals surface area contributed by atoms with Gasteiger partial charge < -0.3 is 9.47 Å². The summed E-state index contributed by atoms with van der Waals surface area (Å²) < 4.78 is 10.3. The van der Waals surface area contributed by atoms with E-state index in [1.54, 1.807) is 13.8 Å². The van der Waals surface area contributed by atoms with Crippen LogP contribution in [-0.2, 0) is 19.1 Å². The lowest BCUT2D eigenvalue weighted by atomic mass is 10.0. The van der Waals surface area contributed by atoms with Gasteiger partial charge in [0.25, 0.3) is 0 Å². The molecule has 1 fully saturated rings. The fraction of sp³-hybridized carbons (Fsp3) is 0.750. The molecule has 1 rings (SSSR count). The van der Waals surface area contributed by atoms with Crippen LogP contribution in [0, 0.1) is 17.3 Å². The highest BCUT2D eigenvalue weighted by molar-refractivity contribution is 6.80. The summed E-state index contributed by atoms with van der Waals surface area (Å²) in [7, 11) is -1.38. The molecule has 0 amide bonds. The Hall–Kier alpha value is -1.10. The molecule has 0 heterocycles. The first-order valence-corrected chi connectivity index (χ1v) is 11.4. The van der Waals surface area contributed by atoms with Crippen molar-refractivity contribution >= 4 is 20.0 Å². The number of esters is 2. The molecule has 0 bridgehead atoms. The summed E-state index contributed by atoms with van der Waals surface area (Å²) in [6.07, 6.45) is 2.81. The molecule has 0 aromatic heterocycles. The van der Waals surface area contributed by atoms with Gasteiger partial charge in [-0.05, 0) is 19.8 Å². The largest absolute Gasteiger partial charge is 0.465 e. The van der Waals surface area contributed by atoms with E-state index in [1.807, 2.05) is 13.0 Å². The lowest BCUT2D eigenvalue weighted by molar-refractivity contribution is -0.165. The highest BCUT2D eigenvalue weighted by Crippen LogP contribution is 2.62. The van der Waals surface area contributed by atoms with Gasteiger partial charge >= 0.3 is 11.9 Å². The van der Waals surface area contributed by atoms with Gasteiger partial charge in [0.05, 0.1) is 21.3 Å². The summed E-state index contributed by atoms with van der Waals surface area (Å²) in [6, 6.07) is 0. The number of carbonyl (C=O) groups is 2. The van der Waals surface area contributed by atoms with E-state index in [1.165, 1.54) is 0 Å². The van der Waals surface area contributed by atoms with E-state index in [9.17, 15) is 9.59 Å². The molecule has 0 saturated heterocycles. The number of hydrogen-bond acceptors (Lipinski definition) is 4. The van der Waals surface area contributed by atoms with Crippen LogP contribution in [0.15, 0.2) is 11.8 Å². The van der Waals surface area contributed by atoms with Crippen LogP contribution in [0.4, 0.5) is 0 Å². The molecular weight excluding hydrogens is 284 g/mol. The summed E-state index contributed by atoms with van der Waals surface area (Å²) in [5, 5.41) is 0. The van der Waals surface area contributed by atoms with E-state index in [0.29, 0.717) is 0 Å². The minimum absolute atomic E-state index is 0.0109. The van der Waals surface area contributed by atoms with Crippen LogP contribution < -0.4 is 0 Å². The van der Waals surface area contributed by atoms with Crippen molar-refractivity contribution in [3.05, 3.63) is 11.8 Å². The Kier molecular flexibility index (Phi) is 5.79. The van der Waals surface area contributed by atoms with Gasteiger partial charge in [-0.15, -0.1) is 0 Å². The van der Waals surface area contributed by atoms with E-state index in [2.05, 4.69) is 25.3 Å². The molecule has 1 aliphatic carbocycles. The maximum atomic E-state index is 12.4. The summed E-state index contributed by atoms with van der Waals surface area (Å²) in [5.74, 6) is -0.962. The first kappa shape index (κ1) is 17.9. The number of carbonyl (C=O) groups excluding carboxylic acids is 2. The van der Waals surface area contributed by atoms with E-state index in [4.69, 9.17) is 9.47 Å². The van der Waals surface area contributed by atoms with Crippen LogP contribution in [0.5, 0.6) is 0 Å². The Morgan fingerprint density at radius 3 is 1.86 bits per heavy atom. The molecule has 4 nitrogen and oxygen atoms in total. The van der Waals surface area contributed by atoms with Crippen molar-refractivity contribution in [1.82, 2.24) is 0 Å². The van der Waals surface area contributed by atoms with Gasteiger partial charge in [-0.1, -0.05) is 44.8 Å². The number of rotatable bonds is 7. The second-order valence-corrected chi connectivity index (χ2v) is 11.6. The first-order valence-electron chi connectivity index (χ1n) is 7.79. The monoisotopic (exact) mass is 312 g/mol. The molecule has 0 aromatic rings. The Morgan fingerprint density at radius 2 is 1.52 bits per heavy atom. The van der Waals surface area contributed by atoms with E-state index in [0.717, 1.165) is 6.42 Å². The molecule has 0 spiro atoms. The van der Waals surface area contributed by atoms with E-state index in [-0.39, 0.29) is 25.0 Å². The maximum Gasteiger partial charge on any atom is 0.324 e. The number of ether oxygens (including phenoxy) is 2. The van der Waals surface area contributed by atoms with Crippen LogP contribution >= 0.6 is 0 Å². The van der Waals surface area contributed by atoms with Gasteiger partial charge in [-0.25, -0.2) is 0 Å². The average molecular weight is 312 g/mol. The number of allylic oxidation sites excluding steroid dienone is 1. The molecule has 2 atom stereocenters. The fourth-order valence-corrected chi connectivity index (χ4v) is 3.69. The normalized spacial score (nSPS) is 23.9. The molecule has 0 radical (unpaired) electrons. The minimum Gasteiger partial charge on any atom is -0.465 e. The predicted octanol–water partition coefficient (Wildman–Crippen LogP) is 3.19. The third kappa shape index (κ3) is 3.57. The zero-order valence-electron chi connectivity index (χ0n) is 14.1. The van der Waals surface area contributed by atoms with Crippen molar-refractivity contribution in [2.45, 2.75) is 46.8 Å². The first-order chi connectivity index (χ1) is 9.75. The summed E-state index contributed by atoms with van der Waals surface area (Å²) in [5.41, 5.74) is 1.08. The number of hydrogen-bond donors (Lipinski definition) is 0. The molecule has 0 aliphatic heterocycles. The second kappa shape index (κ2) is 6.77. The molecule has 21 heavy (non-hydrogen) atoms. The molecule has 5 heteroatoms. The third-order valence-corrected chi connectivity index (χ3v) is 5.10. The van der Waals surface area contributed by atoms with Crippen molar-refractivity contribution in [3.8, 4) is 0 Å². The average Bonchev–Trinajstić information content (AvgIpc) is 3.05. The van der Waals surface area contributed by atoms with Crippen molar-refractivity contribution in [2.24, 2.45) is 17.3 Å². The van der Waals surface area contributed by atoms with Crippen LogP contribution in [0.25, 0.3) is 0 Å². The lowest BCUT2D eigenvalue weighted by Crippen LogP contribution is -2.33. The highest BCUT2D eigenvalue weighted by Gasteiger charge is 2.74. The molecule has 1 saturated carbocycles. The zero-order chi connectivity index (χ0) is 16.3. The van der Waals surface area contributed by atoms with Gasteiger partial charge in [0.1, 0.15) is 0 Å². The van der Waals surface area contributed by atoms with Crippen LogP contribution in [0.1, 0.15) is 27.2 Å². The van der Waals surface area contributed by atoms with Crippen molar-refractivity contribution in [3.63, 3.8) is 0 Å². The third-order valence-electron chi connectivity index (χ3n) is 3.90. The molecule has 1 aliphatic rings. The van der Waals surface area contributed by atoms with Gasteiger partial charge in [-0.3, -0.25) is 9.59 Å². The predicted molar refractivity (Wildman–Crippen MR) is 85.5 cm³/mol. The van der Waals surface area contributed by atoms with Crippen LogP contribution in [-0.4, -0.2) is 33.2 Å². The maximum absolute atomic E-state index is 12.4. The SMILES string of the molecule is CCOC(=O)C1(C(=O)OCC)[C@H](/C=C/[Si](C)(C)C)[C@H]1CC. The van der Waals surface area contributed by atoms with Gasteiger partial charge in [-0.2, -0.15) is 0 Å². The topological polar surface area (TPSA) is 52.6 Å². The Balaban J connectivity index is 3.09. The zero-order valence-corrected chi connectivity index (χ0v) is 15.1. The van der Waals surface area contributed by atoms with Crippen molar-refractivity contribution in [1.29, 1.82) is 0 Å². The quantitative estimate of drug-likeness (QED) is 0.411. The van der Waals surface area contributed by atoms with Crippen molar-refractivity contribution in [2.75, 3.05) is 13.2 Å². The van der Waals surface area contributed by atoms with E-state index < -0.39 is 25.4 Å². The van der Waals surface area contributed by atoms with Gasteiger partial charge in [0, 0.05) is 5.92 Å². The Bertz CT molecular complexity index is 404. The standard InChI is InChI=1S/C16H28O4Si/c1-7-12-13(10-11-21(4,5)6)16(12,14(17)19-8-2)15(18)20-9-3/h10-13H,7-9H2,1-6H3/b11-10+/t12-,13-/m1/s1. The molecule has 120 valence electrons. The smallest absolute Gasteiger partial charge is 0.324 e. The molecule has 0 unspecified atom stereocenters.